The molecule has 0 saturated heterocycles. The van der Waals surface area contributed by atoms with E-state index in [1.165, 1.54) is 0 Å². The van der Waals surface area contributed by atoms with Gasteiger partial charge in [-0.25, -0.2) is 0 Å². The highest BCUT2D eigenvalue weighted by Gasteiger charge is 2.16. The zero-order chi connectivity index (χ0) is 12.4. The SMILES string of the molecule is OC(c1ccccc1Cl)c1cc(I)ccc1Br. The summed E-state index contributed by atoms with van der Waals surface area (Å²) < 4.78 is 1.96. The Morgan fingerprint density at radius 1 is 1.12 bits per heavy atom. The zero-order valence-electron chi connectivity index (χ0n) is 8.70. The molecule has 0 aromatic heterocycles. The molecule has 0 amide bonds. The molecule has 0 bridgehead atoms. The van der Waals surface area contributed by atoms with E-state index in [4.69, 9.17) is 11.6 Å². The molecule has 1 N–H and O–H groups in total. The molecular formula is C13H9BrClIO. The summed E-state index contributed by atoms with van der Waals surface area (Å²) in [6, 6.07) is 13.2. The third-order valence-electron chi connectivity index (χ3n) is 2.45. The molecule has 0 fully saturated rings. The second-order valence-electron chi connectivity index (χ2n) is 3.59. The van der Waals surface area contributed by atoms with E-state index in [0.717, 1.165) is 19.2 Å². The molecule has 88 valence electrons. The third-order valence-corrected chi connectivity index (χ3v) is 4.19. The molecule has 2 aromatic rings. The lowest BCUT2D eigenvalue weighted by Gasteiger charge is -2.15. The lowest BCUT2D eigenvalue weighted by molar-refractivity contribution is 0.219. The fourth-order valence-corrected chi connectivity index (χ4v) is 2.81. The molecule has 2 rings (SSSR count). The average Bonchev–Trinajstić information content (AvgIpc) is 2.32. The Morgan fingerprint density at radius 3 is 2.53 bits per heavy atom. The molecule has 0 heterocycles. The van der Waals surface area contributed by atoms with Gasteiger partial charge in [-0.2, -0.15) is 0 Å². The van der Waals surface area contributed by atoms with Crippen LogP contribution in [0.5, 0.6) is 0 Å². The second kappa shape index (κ2) is 5.69. The lowest BCUT2D eigenvalue weighted by Crippen LogP contribution is -2.01. The van der Waals surface area contributed by atoms with Crippen molar-refractivity contribution >= 4 is 50.1 Å². The van der Waals surface area contributed by atoms with Gasteiger partial charge in [0.25, 0.3) is 0 Å². The van der Waals surface area contributed by atoms with Gasteiger partial charge in [0, 0.05) is 24.2 Å². The van der Waals surface area contributed by atoms with Gasteiger partial charge in [-0.1, -0.05) is 45.7 Å². The summed E-state index contributed by atoms with van der Waals surface area (Å²) >= 11 is 11.7. The molecule has 0 aliphatic carbocycles. The number of halogens is 3. The van der Waals surface area contributed by atoms with E-state index < -0.39 is 6.10 Å². The van der Waals surface area contributed by atoms with Gasteiger partial charge in [-0.3, -0.25) is 0 Å². The monoisotopic (exact) mass is 422 g/mol. The summed E-state index contributed by atoms with van der Waals surface area (Å²) in [7, 11) is 0. The Hall–Kier alpha value is -0.100. The maximum absolute atomic E-state index is 10.4. The van der Waals surface area contributed by atoms with Crippen LogP contribution in [0.25, 0.3) is 0 Å². The van der Waals surface area contributed by atoms with Crippen LogP contribution in [0.3, 0.4) is 0 Å². The summed E-state index contributed by atoms with van der Waals surface area (Å²) in [6.07, 6.45) is -0.715. The Labute approximate surface area is 127 Å². The highest BCUT2D eigenvalue weighted by atomic mass is 127. The summed E-state index contributed by atoms with van der Waals surface area (Å²) in [5.74, 6) is 0. The van der Waals surface area contributed by atoms with Gasteiger partial charge in [-0.05, 0) is 46.9 Å². The molecule has 0 aliphatic rings. The van der Waals surface area contributed by atoms with Crippen molar-refractivity contribution in [1.29, 1.82) is 0 Å². The first-order chi connectivity index (χ1) is 8.09. The minimum atomic E-state index is -0.715. The highest BCUT2D eigenvalue weighted by Crippen LogP contribution is 2.33. The molecule has 2 aromatic carbocycles. The summed E-state index contributed by atoms with van der Waals surface area (Å²) in [6.45, 7) is 0. The Bertz CT molecular complexity index is 545. The Balaban J connectivity index is 2.47. The number of hydrogen-bond acceptors (Lipinski definition) is 1. The van der Waals surface area contributed by atoms with Gasteiger partial charge < -0.3 is 5.11 Å². The topological polar surface area (TPSA) is 20.2 Å². The fourth-order valence-electron chi connectivity index (χ4n) is 1.59. The molecule has 0 spiro atoms. The normalized spacial score (nSPS) is 12.5. The molecule has 17 heavy (non-hydrogen) atoms. The van der Waals surface area contributed by atoms with Crippen LogP contribution >= 0.6 is 50.1 Å². The molecule has 0 aliphatic heterocycles. The van der Waals surface area contributed by atoms with E-state index in [1.54, 1.807) is 6.07 Å². The van der Waals surface area contributed by atoms with E-state index in [-0.39, 0.29) is 0 Å². The molecular weight excluding hydrogens is 414 g/mol. The number of rotatable bonds is 2. The van der Waals surface area contributed by atoms with Crippen molar-refractivity contribution in [3.05, 3.63) is 66.7 Å². The quantitative estimate of drug-likeness (QED) is 0.689. The van der Waals surface area contributed by atoms with Crippen molar-refractivity contribution in [2.24, 2.45) is 0 Å². The molecule has 1 unspecified atom stereocenters. The summed E-state index contributed by atoms with van der Waals surface area (Å²) in [4.78, 5) is 0. The van der Waals surface area contributed by atoms with Gasteiger partial charge in [-0.15, -0.1) is 0 Å². The van der Waals surface area contributed by atoms with Crippen LogP contribution in [-0.2, 0) is 0 Å². The van der Waals surface area contributed by atoms with Crippen LogP contribution in [0.4, 0.5) is 0 Å². The van der Waals surface area contributed by atoms with E-state index in [9.17, 15) is 5.11 Å². The van der Waals surface area contributed by atoms with Gasteiger partial charge in [0.05, 0.1) is 0 Å². The van der Waals surface area contributed by atoms with Crippen LogP contribution in [0.15, 0.2) is 46.9 Å². The maximum Gasteiger partial charge on any atom is 0.107 e. The molecule has 4 heteroatoms. The van der Waals surface area contributed by atoms with E-state index in [0.29, 0.717) is 5.02 Å². The summed E-state index contributed by atoms with van der Waals surface area (Å²) in [5.41, 5.74) is 1.54. The first-order valence-electron chi connectivity index (χ1n) is 4.97. The third kappa shape index (κ3) is 3.02. The van der Waals surface area contributed by atoms with Crippen LogP contribution in [0.1, 0.15) is 17.2 Å². The van der Waals surface area contributed by atoms with Crippen LogP contribution in [0.2, 0.25) is 5.02 Å². The molecule has 0 saturated carbocycles. The number of aliphatic hydroxyl groups excluding tert-OH is 1. The van der Waals surface area contributed by atoms with Crippen molar-refractivity contribution < 1.29 is 5.11 Å². The van der Waals surface area contributed by atoms with Gasteiger partial charge in [0.2, 0.25) is 0 Å². The van der Waals surface area contributed by atoms with Crippen molar-refractivity contribution in [2.45, 2.75) is 6.10 Å². The van der Waals surface area contributed by atoms with Crippen molar-refractivity contribution in [1.82, 2.24) is 0 Å². The largest absolute Gasteiger partial charge is 0.384 e. The predicted octanol–water partition coefficient (Wildman–Crippen LogP) is 4.79. The van der Waals surface area contributed by atoms with Crippen LogP contribution < -0.4 is 0 Å². The highest BCUT2D eigenvalue weighted by molar-refractivity contribution is 14.1. The predicted molar refractivity (Wildman–Crippen MR) is 82.4 cm³/mol. The average molecular weight is 423 g/mol. The first kappa shape index (κ1) is 13.3. The standard InChI is InChI=1S/C13H9BrClIO/c14-11-6-5-8(16)7-10(11)13(17)9-3-1-2-4-12(9)15/h1-7,13,17H. The summed E-state index contributed by atoms with van der Waals surface area (Å²) in [5, 5.41) is 10.9. The van der Waals surface area contributed by atoms with Crippen LogP contribution in [-0.4, -0.2) is 5.11 Å². The minimum Gasteiger partial charge on any atom is -0.384 e. The van der Waals surface area contributed by atoms with Gasteiger partial charge in [0.1, 0.15) is 6.10 Å². The smallest absolute Gasteiger partial charge is 0.107 e. The Kier molecular flexibility index (Phi) is 4.47. The van der Waals surface area contributed by atoms with Crippen molar-refractivity contribution in [3.8, 4) is 0 Å². The number of aliphatic hydroxyl groups is 1. The van der Waals surface area contributed by atoms with Gasteiger partial charge in [0.15, 0.2) is 0 Å². The zero-order valence-corrected chi connectivity index (χ0v) is 13.2. The number of hydrogen-bond donors (Lipinski definition) is 1. The van der Waals surface area contributed by atoms with Gasteiger partial charge >= 0.3 is 0 Å². The van der Waals surface area contributed by atoms with E-state index >= 15 is 0 Å². The van der Waals surface area contributed by atoms with E-state index in [2.05, 4.69) is 38.5 Å². The Morgan fingerprint density at radius 2 is 1.82 bits per heavy atom. The molecule has 1 nitrogen and oxygen atoms in total. The lowest BCUT2D eigenvalue weighted by atomic mass is 10.0. The molecule has 0 radical (unpaired) electrons. The second-order valence-corrected chi connectivity index (χ2v) is 6.10. The maximum atomic E-state index is 10.4. The van der Waals surface area contributed by atoms with E-state index in [1.807, 2.05) is 36.4 Å². The van der Waals surface area contributed by atoms with Crippen LogP contribution in [0, 0.1) is 3.57 Å². The number of benzene rings is 2. The molecule has 1 atom stereocenters. The fraction of sp³-hybridized carbons (Fsp3) is 0.0769. The minimum absolute atomic E-state index is 0.575. The first-order valence-corrected chi connectivity index (χ1v) is 7.22. The van der Waals surface area contributed by atoms with Crippen molar-refractivity contribution in [3.63, 3.8) is 0 Å². The van der Waals surface area contributed by atoms with Crippen molar-refractivity contribution in [2.75, 3.05) is 0 Å².